The lowest BCUT2D eigenvalue weighted by Crippen LogP contribution is -2.20. The number of pyridine rings is 1. The smallest absolute Gasteiger partial charge is 0.354 e. The van der Waals surface area contributed by atoms with Crippen molar-refractivity contribution in [3.05, 3.63) is 43.6 Å². The first-order chi connectivity index (χ1) is 9.36. The van der Waals surface area contributed by atoms with Crippen LogP contribution in [0.2, 0.25) is 5.02 Å². The third-order valence-electron chi connectivity index (χ3n) is 2.98. The minimum Gasteiger partial charge on any atom is -0.464 e. The van der Waals surface area contributed by atoms with Gasteiger partial charge in [0.1, 0.15) is 5.69 Å². The maximum atomic E-state index is 12.2. The van der Waals surface area contributed by atoms with Gasteiger partial charge in [0.05, 0.1) is 23.0 Å². The van der Waals surface area contributed by atoms with Gasteiger partial charge in [-0.1, -0.05) is 27.5 Å². The zero-order valence-electron chi connectivity index (χ0n) is 11.2. The highest BCUT2D eigenvalue weighted by Crippen LogP contribution is 2.28. The first-order valence-corrected chi connectivity index (χ1v) is 7.16. The SMILES string of the molecule is COC(=O)c1cc(=O)c2c(Cl)cc(Br)cc2n1C(C)C. The second kappa shape index (κ2) is 5.58. The molecule has 0 unspecified atom stereocenters. The van der Waals surface area contributed by atoms with Gasteiger partial charge >= 0.3 is 5.97 Å². The summed E-state index contributed by atoms with van der Waals surface area (Å²) in [5.74, 6) is -0.547. The lowest BCUT2D eigenvalue weighted by atomic mass is 10.1. The molecule has 20 heavy (non-hydrogen) atoms. The zero-order chi connectivity index (χ0) is 15.0. The molecule has 2 aromatic rings. The third kappa shape index (κ3) is 2.47. The Morgan fingerprint density at radius 3 is 2.55 bits per heavy atom. The normalized spacial score (nSPS) is 11.1. The number of carbonyl (C=O) groups excluding carboxylic acids is 1. The van der Waals surface area contributed by atoms with Gasteiger partial charge in [0, 0.05) is 16.6 Å². The van der Waals surface area contributed by atoms with Crippen LogP contribution in [0.3, 0.4) is 0 Å². The van der Waals surface area contributed by atoms with Gasteiger partial charge in [-0.2, -0.15) is 0 Å². The number of hydrogen-bond donors (Lipinski definition) is 0. The largest absolute Gasteiger partial charge is 0.464 e. The number of carbonyl (C=O) groups is 1. The highest BCUT2D eigenvalue weighted by molar-refractivity contribution is 9.10. The molecular weight excluding hydrogens is 346 g/mol. The number of aromatic nitrogens is 1. The molecule has 1 aromatic carbocycles. The molecule has 4 nitrogen and oxygen atoms in total. The van der Waals surface area contributed by atoms with Gasteiger partial charge in [-0.25, -0.2) is 4.79 Å². The molecule has 0 aliphatic heterocycles. The van der Waals surface area contributed by atoms with E-state index in [1.165, 1.54) is 13.2 Å². The van der Waals surface area contributed by atoms with E-state index in [9.17, 15) is 9.59 Å². The molecule has 0 saturated heterocycles. The molecule has 0 saturated carbocycles. The number of methoxy groups -OCH3 is 1. The highest BCUT2D eigenvalue weighted by atomic mass is 79.9. The van der Waals surface area contributed by atoms with E-state index in [4.69, 9.17) is 16.3 Å². The summed E-state index contributed by atoms with van der Waals surface area (Å²) in [6.45, 7) is 3.84. The Morgan fingerprint density at radius 2 is 2.00 bits per heavy atom. The number of fused-ring (bicyclic) bond motifs is 1. The Hall–Kier alpha value is -1.33. The summed E-state index contributed by atoms with van der Waals surface area (Å²) in [6, 6.07) is 4.68. The summed E-state index contributed by atoms with van der Waals surface area (Å²) in [5, 5.41) is 0.751. The van der Waals surface area contributed by atoms with Crippen molar-refractivity contribution < 1.29 is 9.53 Å². The van der Waals surface area contributed by atoms with E-state index in [2.05, 4.69) is 15.9 Å². The van der Waals surface area contributed by atoms with E-state index in [0.29, 0.717) is 15.9 Å². The predicted molar refractivity (Wildman–Crippen MR) is 82.6 cm³/mol. The van der Waals surface area contributed by atoms with Gasteiger partial charge in [-0.15, -0.1) is 0 Å². The lowest BCUT2D eigenvalue weighted by Gasteiger charge is -2.19. The number of esters is 1. The maximum absolute atomic E-state index is 12.2. The van der Waals surface area contributed by atoms with Crippen LogP contribution in [0.25, 0.3) is 10.9 Å². The number of rotatable bonds is 2. The van der Waals surface area contributed by atoms with Crippen molar-refractivity contribution in [3.63, 3.8) is 0 Å². The molecule has 0 atom stereocenters. The molecule has 6 heteroatoms. The molecule has 1 heterocycles. The Bertz CT molecular complexity index is 752. The van der Waals surface area contributed by atoms with Crippen LogP contribution < -0.4 is 5.43 Å². The van der Waals surface area contributed by atoms with Crippen LogP contribution in [0, 0.1) is 0 Å². The summed E-state index contributed by atoms with van der Waals surface area (Å²) in [7, 11) is 1.29. The van der Waals surface area contributed by atoms with E-state index in [1.54, 1.807) is 16.7 Å². The molecule has 0 aliphatic carbocycles. The molecular formula is C14H13BrClNO3. The number of halogens is 2. The Kier molecular flexibility index (Phi) is 4.20. The van der Waals surface area contributed by atoms with Gasteiger partial charge in [-0.05, 0) is 26.0 Å². The fraction of sp³-hybridized carbons (Fsp3) is 0.286. The fourth-order valence-corrected chi connectivity index (χ4v) is 3.09. The van der Waals surface area contributed by atoms with E-state index < -0.39 is 5.97 Å². The molecule has 0 radical (unpaired) electrons. The van der Waals surface area contributed by atoms with E-state index in [0.717, 1.165) is 4.47 Å². The van der Waals surface area contributed by atoms with Gasteiger partial charge in [0.25, 0.3) is 0 Å². The van der Waals surface area contributed by atoms with Crippen molar-refractivity contribution in [1.82, 2.24) is 4.57 Å². The maximum Gasteiger partial charge on any atom is 0.354 e. The molecule has 0 bridgehead atoms. The van der Waals surface area contributed by atoms with Gasteiger partial charge in [-0.3, -0.25) is 4.79 Å². The second-order valence-corrected chi connectivity index (χ2v) is 5.95. The van der Waals surface area contributed by atoms with Crippen LogP contribution in [0.4, 0.5) is 0 Å². The summed E-state index contributed by atoms with van der Waals surface area (Å²) >= 11 is 9.50. The van der Waals surface area contributed by atoms with Crippen molar-refractivity contribution in [2.24, 2.45) is 0 Å². The molecule has 0 aliphatic rings. The van der Waals surface area contributed by atoms with Gasteiger partial charge in [0.2, 0.25) is 0 Å². The molecule has 0 spiro atoms. The van der Waals surface area contributed by atoms with Crippen LogP contribution in [0.1, 0.15) is 30.4 Å². The van der Waals surface area contributed by atoms with Crippen molar-refractivity contribution in [1.29, 1.82) is 0 Å². The number of benzene rings is 1. The van der Waals surface area contributed by atoms with E-state index in [-0.39, 0.29) is 17.2 Å². The second-order valence-electron chi connectivity index (χ2n) is 4.63. The lowest BCUT2D eigenvalue weighted by molar-refractivity contribution is 0.0586. The Morgan fingerprint density at radius 1 is 1.35 bits per heavy atom. The van der Waals surface area contributed by atoms with Crippen molar-refractivity contribution >= 4 is 44.4 Å². The van der Waals surface area contributed by atoms with Crippen LogP contribution in [-0.2, 0) is 4.74 Å². The third-order valence-corrected chi connectivity index (χ3v) is 3.73. The Balaban J connectivity index is 3.02. The molecule has 1 aromatic heterocycles. The van der Waals surface area contributed by atoms with Crippen molar-refractivity contribution in [2.75, 3.05) is 7.11 Å². The summed E-state index contributed by atoms with van der Waals surface area (Å²) in [6.07, 6.45) is 0. The quantitative estimate of drug-likeness (QED) is 0.768. The Labute approximate surface area is 129 Å². The molecule has 0 amide bonds. The summed E-state index contributed by atoms with van der Waals surface area (Å²) < 4.78 is 7.24. The molecule has 106 valence electrons. The first kappa shape index (κ1) is 15.1. The van der Waals surface area contributed by atoms with Crippen LogP contribution in [0.5, 0.6) is 0 Å². The van der Waals surface area contributed by atoms with Gasteiger partial charge < -0.3 is 9.30 Å². The van der Waals surface area contributed by atoms with Crippen molar-refractivity contribution in [3.8, 4) is 0 Å². The minimum absolute atomic E-state index is 0.0300. The average molecular weight is 359 g/mol. The molecule has 0 N–H and O–H groups in total. The van der Waals surface area contributed by atoms with Crippen molar-refractivity contribution in [2.45, 2.75) is 19.9 Å². The monoisotopic (exact) mass is 357 g/mol. The standard InChI is InChI=1S/C14H13BrClNO3/c1-7(2)17-10-5-8(15)4-9(16)13(10)12(18)6-11(17)14(19)20-3/h4-7H,1-3H3. The van der Waals surface area contributed by atoms with Crippen LogP contribution >= 0.6 is 27.5 Å². The number of ether oxygens (including phenoxy) is 1. The number of nitrogens with zero attached hydrogens (tertiary/aromatic N) is 1. The first-order valence-electron chi connectivity index (χ1n) is 5.99. The topological polar surface area (TPSA) is 48.3 Å². The van der Waals surface area contributed by atoms with E-state index >= 15 is 0 Å². The predicted octanol–water partition coefficient (Wildman–Crippen LogP) is 3.78. The average Bonchev–Trinajstić information content (AvgIpc) is 2.35. The van der Waals surface area contributed by atoms with E-state index in [1.807, 2.05) is 13.8 Å². The highest BCUT2D eigenvalue weighted by Gasteiger charge is 2.19. The van der Waals surface area contributed by atoms with Gasteiger partial charge in [0.15, 0.2) is 5.43 Å². The summed E-state index contributed by atoms with van der Waals surface area (Å²) in [5.41, 5.74) is 0.524. The fourth-order valence-electron chi connectivity index (χ4n) is 2.21. The van der Waals surface area contributed by atoms with Crippen LogP contribution in [0.15, 0.2) is 27.5 Å². The van der Waals surface area contributed by atoms with Crippen LogP contribution in [-0.4, -0.2) is 17.6 Å². The molecule has 2 rings (SSSR count). The zero-order valence-corrected chi connectivity index (χ0v) is 13.6. The summed E-state index contributed by atoms with van der Waals surface area (Å²) in [4.78, 5) is 24.1. The minimum atomic E-state index is -0.547. The number of hydrogen-bond acceptors (Lipinski definition) is 3. The molecule has 0 fully saturated rings.